The van der Waals surface area contributed by atoms with Crippen molar-refractivity contribution in [2.45, 2.75) is 64.3 Å². The van der Waals surface area contributed by atoms with Gasteiger partial charge in [-0.15, -0.1) is 0 Å². The van der Waals surface area contributed by atoms with Crippen LogP contribution in [0, 0.1) is 30.1 Å². The number of ether oxygens (including phenoxy) is 1. The molecule has 4 bridgehead atoms. The molecular weight excluding hydrogens is 482 g/mol. The summed E-state index contributed by atoms with van der Waals surface area (Å²) in [5, 5.41) is 12.4. The second kappa shape index (κ2) is 11.1. The van der Waals surface area contributed by atoms with Crippen LogP contribution < -0.4 is 10.1 Å². The van der Waals surface area contributed by atoms with E-state index in [9.17, 15) is 14.7 Å². The van der Waals surface area contributed by atoms with Gasteiger partial charge < -0.3 is 15.2 Å². The maximum Gasteiger partial charge on any atom is 0.326 e. The van der Waals surface area contributed by atoms with Crippen molar-refractivity contribution in [2.75, 3.05) is 18.6 Å². The van der Waals surface area contributed by atoms with Crippen LogP contribution in [-0.4, -0.2) is 41.6 Å². The molecule has 2 aromatic carbocycles. The number of carboxylic acids is 1. The fraction of sp³-hybridized carbons (Fsp3) is 0.548. The summed E-state index contributed by atoms with van der Waals surface area (Å²) in [6, 6.07) is 12.6. The average molecular weight is 522 g/mol. The zero-order chi connectivity index (χ0) is 26.0. The molecule has 1 amide bonds. The lowest BCUT2D eigenvalue weighted by Gasteiger charge is -2.57. The number of aryl methyl sites for hydroxylation is 1. The number of carboxylic acid groups (broad SMARTS) is 1. The van der Waals surface area contributed by atoms with Gasteiger partial charge in [0.25, 0.3) is 5.91 Å². The Morgan fingerprint density at radius 1 is 1.05 bits per heavy atom. The highest BCUT2D eigenvalue weighted by Gasteiger charge is 2.50. The molecule has 1 unspecified atom stereocenters. The zero-order valence-electron chi connectivity index (χ0n) is 22.0. The van der Waals surface area contributed by atoms with E-state index < -0.39 is 12.0 Å². The lowest BCUT2D eigenvalue weighted by atomic mass is 9.49. The first kappa shape index (κ1) is 26.1. The van der Waals surface area contributed by atoms with Gasteiger partial charge >= 0.3 is 5.97 Å². The second-order valence-corrected chi connectivity index (χ2v) is 12.7. The quantitative estimate of drug-likeness (QED) is 0.349. The minimum absolute atomic E-state index is 0.369. The van der Waals surface area contributed by atoms with Crippen LogP contribution in [-0.2, 0) is 4.79 Å². The Balaban J connectivity index is 1.33. The maximum absolute atomic E-state index is 13.3. The SMILES string of the molecule is CSCCC(NC(=O)c1ccc(OCCC23CC4CC(CC(C4)C2)C3)cc1-c1ccccc1C)C(=O)O. The van der Waals surface area contributed by atoms with Crippen LogP contribution in [0.5, 0.6) is 5.75 Å². The molecule has 0 aromatic heterocycles. The van der Waals surface area contributed by atoms with Gasteiger partial charge in [0, 0.05) is 5.56 Å². The fourth-order valence-corrected chi connectivity index (χ4v) is 8.09. The number of rotatable bonds is 11. The summed E-state index contributed by atoms with van der Waals surface area (Å²) >= 11 is 1.57. The molecule has 5 nitrogen and oxygen atoms in total. The average Bonchev–Trinajstić information content (AvgIpc) is 2.85. The molecule has 0 saturated heterocycles. The van der Waals surface area contributed by atoms with Crippen LogP contribution in [0.25, 0.3) is 11.1 Å². The second-order valence-electron chi connectivity index (χ2n) is 11.7. The number of carbonyl (C=O) groups is 2. The first-order chi connectivity index (χ1) is 17.9. The number of aliphatic carboxylic acids is 1. The van der Waals surface area contributed by atoms with E-state index in [-0.39, 0.29) is 5.91 Å². The number of thioether (sulfide) groups is 1. The highest BCUT2D eigenvalue weighted by molar-refractivity contribution is 7.98. The number of benzene rings is 2. The number of carbonyl (C=O) groups excluding carboxylic acids is 1. The van der Waals surface area contributed by atoms with Crippen LogP contribution in [0.1, 0.15) is 67.3 Å². The molecule has 0 aliphatic heterocycles. The summed E-state index contributed by atoms with van der Waals surface area (Å²) in [5.41, 5.74) is 3.72. The van der Waals surface area contributed by atoms with Crippen molar-refractivity contribution < 1.29 is 19.4 Å². The Hall–Kier alpha value is -2.47. The highest BCUT2D eigenvalue weighted by atomic mass is 32.2. The summed E-state index contributed by atoms with van der Waals surface area (Å²) in [4.78, 5) is 25.0. The van der Waals surface area contributed by atoms with Crippen molar-refractivity contribution in [3.05, 3.63) is 53.6 Å². The van der Waals surface area contributed by atoms with Gasteiger partial charge in [-0.1, -0.05) is 24.3 Å². The third-order valence-corrected chi connectivity index (χ3v) is 9.60. The standard InChI is InChI=1S/C31H39NO4S/c1-20-5-3-4-6-25(20)27-16-24(7-8-26(27)29(33)32-28(30(34)35)9-12-37-2)36-11-10-31-17-21-13-22(18-31)15-23(14-21)19-31/h3-8,16,21-23,28H,9-15,17-19H2,1-2H3,(H,32,33)(H,34,35). The summed E-state index contributed by atoms with van der Waals surface area (Å²) in [5.74, 6) is 2.85. The smallest absolute Gasteiger partial charge is 0.326 e. The van der Waals surface area contributed by atoms with Gasteiger partial charge in [0.2, 0.25) is 0 Å². The molecule has 4 fully saturated rings. The van der Waals surface area contributed by atoms with Crippen LogP contribution >= 0.6 is 11.8 Å². The zero-order valence-corrected chi connectivity index (χ0v) is 22.8. The third kappa shape index (κ3) is 5.84. The van der Waals surface area contributed by atoms with Crippen LogP contribution in [0.2, 0.25) is 0 Å². The fourth-order valence-electron chi connectivity index (χ4n) is 7.62. The van der Waals surface area contributed by atoms with E-state index in [4.69, 9.17) is 4.74 Å². The van der Waals surface area contributed by atoms with Crippen LogP contribution in [0.15, 0.2) is 42.5 Å². The molecule has 4 saturated carbocycles. The lowest BCUT2D eigenvalue weighted by molar-refractivity contribution is -0.139. The molecule has 4 aliphatic carbocycles. The highest BCUT2D eigenvalue weighted by Crippen LogP contribution is 2.61. The topological polar surface area (TPSA) is 75.6 Å². The summed E-state index contributed by atoms with van der Waals surface area (Å²) in [6.45, 7) is 2.72. The minimum atomic E-state index is -1.01. The van der Waals surface area contributed by atoms with E-state index >= 15 is 0 Å². The molecule has 4 aliphatic rings. The molecule has 0 radical (unpaired) electrons. The molecule has 6 heteroatoms. The summed E-state index contributed by atoms with van der Waals surface area (Å²) in [7, 11) is 0. The van der Waals surface area contributed by atoms with E-state index in [2.05, 4.69) is 5.32 Å². The molecular formula is C31H39NO4S. The van der Waals surface area contributed by atoms with E-state index in [0.717, 1.165) is 46.6 Å². The van der Waals surface area contributed by atoms with Gasteiger partial charge in [0.1, 0.15) is 11.8 Å². The molecule has 0 spiro atoms. The van der Waals surface area contributed by atoms with E-state index in [1.807, 2.05) is 49.6 Å². The molecule has 2 N–H and O–H groups in total. The summed E-state index contributed by atoms with van der Waals surface area (Å²) in [6.07, 6.45) is 11.9. The van der Waals surface area contributed by atoms with Gasteiger partial charge in [0.05, 0.1) is 6.61 Å². The Labute approximate surface area is 224 Å². The Morgan fingerprint density at radius 3 is 2.35 bits per heavy atom. The Bertz CT molecular complexity index is 1110. The predicted octanol–water partition coefficient (Wildman–Crippen LogP) is 6.58. The third-order valence-electron chi connectivity index (χ3n) is 8.95. The van der Waals surface area contributed by atoms with Crippen molar-refractivity contribution in [3.8, 4) is 16.9 Å². The van der Waals surface area contributed by atoms with E-state index in [0.29, 0.717) is 29.8 Å². The predicted molar refractivity (Wildman–Crippen MR) is 149 cm³/mol. The molecule has 198 valence electrons. The van der Waals surface area contributed by atoms with Crippen molar-refractivity contribution >= 4 is 23.6 Å². The van der Waals surface area contributed by atoms with Gasteiger partial charge in [-0.05, 0) is 128 Å². The van der Waals surface area contributed by atoms with Crippen molar-refractivity contribution in [1.82, 2.24) is 5.32 Å². The monoisotopic (exact) mass is 521 g/mol. The normalized spacial score (nSPS) is 26.6. The molecule has 2 aromatic rings. The lowest BCUT2D eigenvalue weighted by Crippen LogP contribution is -2.46. The molecule has 37 heavy (non-hydrogen) atoms. The molecule has 1 atom stereocenters. The molecule has 0 heterocycles. The van der Waals surface area contributed by atoms with Crippen LogP contribution in [0.3, 0.4) is 0 Å². The van der Waals surface area contributed by atoms with Crippen molar-refractivity contribution in [2.24, 2.45) is 23.2 Å². The van der Waals surface area contributed by atoms with E-state index in [1.165, 1.54) is 38.5 Å². The first-order valence-electron chi connectivity index (χ1n) is 13.7. The summed E-state index contributed by atoms with van der Waals surface area (Å²) < 4.78 is 6.33. The molecule has 6 rings (SSSR count). The Morgan fingerprint density at radius 2 is 1.73 bits per heavy atom. The largest absolute Gasteiger partial charge is 0.494 e. The first-order valence-corrected chi connectivity index (χ1v) is 15.1. The number of hydrogen-bond acceptors (Lipinski definition) is 4. The van der Waals surface area contributed by atoms with Gasteiger partial charge in [-0.3, -0.25) is 4.79 Å². The number of hydrogen-bond donors (Lipinski definition) is 2. The van der Waals surface area contributed by atoms with Gasteiger partial charge in [0.15, 0.2) is 0 Å². The number of amides is 1. The van der Waals surface area contributed by atoms with Crippen molar-refractivity contribution in [3.63, 3.8) is 0 Å². The minimum Gasteiger partial charge on any atom is -0.494 e. The van der Waals surface area contributed by atoms with E-state index in [1.54, 1.807) is 17.8 Å². The van der Waals surface area contributed by atoms with Crippen molar-refractivity contribution in [1.29, 1.82) is 0 Å². The van der Waals surface area contributed by atoms with Gasteiger partial charge in [-0.2, -0.15) is 11.8 Å². The Kier molecular flexibility index (Phi) is 7.85. The maximum atomic E-state index is 13.3. The number of nitrogens with one attached hydrogen (secondary N) is 1. The van der Waals surface area contributed by atoms with Gasteiger partial charge in [-0.25, -0.2) is 4.79 Å². The van der Waals surface area contributed by atoms with Crippen LogP contribution in [0.4, 0.5) is 0 Å².